The Kier molecular flexibility index (Phi) is 5.66. The topological polar surface area (TPSA) is 17.1 Å². The van der Waals surface area contributed by atoms with Gasteiger partial charge >= 0.3 is 0 Å². The Morgan fingerprint density at radius 3 is 2.64 bits per heavy atom. The van der Waals surface area contributed by atoms with E-state index < -0.39 is 0 Å². The molecular formula is C27H42O. The summed E-state index contributed by atoms with van der Waals surface area (Å²) in [5, 5.41) is 0. The van der Waals surface area contributed by atoms with Crippen LogP contribution in [0.4, 0.5) is 0 Å². The number of aldehydes is 1. The van der Waals surface area contributed by atoms with Gasteiger partial charge in [0.1, 0.15) is 6.29 Å². The summed E-state index contributed by atoms with van der Waals surface area (Å²) >= 11 is 0. The Balaban J connectivity index is 1.49. The minimum atomic E-state index is 0.235. The van der Waals surface area contributed by atoms with Crippen LogP contribution in [0.25, 0.3) is 0 Å². The fourth-order valence-electron chi connectivity index (χ4n) is 8.04. The Morgan fingerprint density at radius 1 is 1.04 bits per heavy atom. The van der Waals surface area contributed by atoms with Crippen molar-refractivity contribution in [2.45, 2.75) is 98.3 Å². The van der Waals surface area contributed by atoms with Gasteiger partial charge in [0.2, 0.25) is 0 Å². The van der Waals surface area contributed by atoms with Crippen molar-refractivity contribution >= 4 is 6.29 Å². The monoisotopic (exact) mass is 382 g/mol. The molecule has 0 radical (unpaired) electrons. The van der Waals surface area contributed by atoms with Gasteiger partial charge in [-0.1, -0.05) is 70.3 Å². The second-order valence-electron chi connectivity index (χ2n) is 11.3. The predicted octanol–water partition coefficient (Wildman–Crippen LogP) is 7.52. The van der Waals surface area contributed by atoms with E-state index in [4.69, 9.17) is 0 Å². The Hall–Kier alpha value is -0.850. The smallest absolute Gasteiger partial charge is 0.122 e. The molecule has 0 spiro atoms. The van der Waals surface area contributed by atoms with E-state index in [2.05, 4.69) is 39.8 Å². The standard InChI is InChI=1S/C27H42O/c1-19(18-28)8-7-9-20(2)23-13-14-24-22-12-11-21-10-5-6-16-26(21,3)25(22)15-17-27(23,24)4/h11-12,18-20,23-25H,5-10,13-17H2,1-4H3/t19?,20-,23-,24+,25+,26+,27-/m1/s1. The van der Waals surface area contributed by atoms with Gasteiger partial charge in [-0.15, -0.1) is 0 Å². The molecule has 1 unspecified atom stereocenters. The van der Waals surface area contributed by atoms with Crippen LogP contribution in [-0.4, -0.2) is 6.29 Å². The van der Waals surface area contributed by atoms with Crippen LogP contribution >= 0.6 is 0 Å². The van der Waals surface area contributed by atoms with Gasteiger partial charge < -0.3 is 4.79 Å². The Morgan fingerprint density at radius 2 is 1.86 bits per heavy atom. The van der Waals surface area contributed by atoms with Crippen molar-refractivity contribution in [3.63, 3.8) is 0 Å². The lowest BCUT2D eigenvalue weighted by atomic mass is 9.50. The Bertz CT molecular complexity index is 657. The summed E-state index contributed by atoms with van der Waals surface area (Å²) in [5.41, 5.74) is 4.58. The summed E-state index contributed by atoms with van der Waals surface area (Å²) in [6, 6.07) is 0. The summed E-state index contributed by atoms with van der Waals surface area (Å²) in [7, 11) is 0. The lowest BCUT2D eigenvalue weighted by Crippen LogP contribution is -2.45. The van der Waals surface area contributed by atoms with E-state index in [0.717, 1.165) is 36.4 Å². The van der Waals surface area contributed by atoms with E-state index in [9.17, 15) is 4.79 Å². The molecule has 0 N–H and O–H groups in total. The van der Waals surface area contributed by atoms with Gasteiger partial charge in [0.05, 0.1) is 0 Å². The number of carbonyl (C=O) groups excluding carboxylic acids is 1. The number of rotatable bonds is 6. The van der Waals surface area contributed by atoms with Crippen LogP contribution in [0.2, 0.25) is 0 Å². The molecule has 0 aromatic rings. The molecule has 3 saturated carbocycles. The summed E-state index contributed by atoms with van der Waals surface area (Å²) < 4.78 is 0. The molecule has 0 aromatic heterocycles. The average Bonchev–Trinajstić information content (AvgIpc) is 3.04. The van der Waals surface area contributed by atoms with Gasteiger partial charge in [0, 0.05) is 5.92 Å². The van der Waals surface area contributed by atoms with Crippen molar-refractivity contribution in [2.75, 3.05) is 0 Å². The minimum absolute atomic E-state index is 0.235. The molecule has 28 heavy (non-hydrogen) atoms. The average molecular weight is 383 g/mol. The maximum atomic E-state index is 10.9. The molecule has 156 valence electrons. The van der Waals surface area contributed by atoms with E-state index in [1.54, 1.807) is 5.57 Å². The molecule has 0 amide bonds. The van der Waals surface area contributed by atoms with Crippen molar-refractivity contribution < 1.29 is 4.79 Å². The minimum Gasteiger partial charge on any atom is -0.303 e. The molecule has 0 heterocycles. The maximum absolute atomic E-state index is 10.9. The second kappa shape index (κ2) is 7.77. The number of carbonyl (C=O) groups is 1. The van der Waals surface area contributed by atoms with Gasteiger partial charge in [-0.2, -0.15) is 0 Å². The van der Waals surface area contributed by atoms with Crippen LogP contribution in [0.5, 0.6) is 0 Å². The zero-order valence-corrected chi connectivity index (χ0v) is 18.8. The lowest BCUT2D eigenvalue weighted by molar-refractivity contribution is -0.110. The van der Waals surface area contributed by atoms with Crippen molar-refractivity contribution in [1.29, 1.82) is 0 Å². The predicted molar refractivity (Wildman–Crippen MR) is 118 cm³/mol. The SMILES string of the molecule is CC(C=O)CCC[C@@H](C)[C@H]1CC[C@H]2C3=CC=C4CCCC[C@]4(C)[C@H]3CC[C@]12C. The maximum Gasteiger partial charge on any atom is 0.122 e. The quantitative estimate of drug-likeness (QED) is 0.434. The molecule has 4 aliphatic carbocycles. The third-order valence-electron chi connectivity index (χ3n) is 9.80. The molecule has 1 heteroatoms. The Labute approximate surface area is 173 Å². The zero-order chi connectivity index (χ0) is 19.9. The fraction of sp³-hybridized carbons (Fsp3) is 0.815. The van der Waals surface area contributed by atoms with Crippen LogP contribution in [0, 0.1) is 40.4 Å². The molecule has 1 nitrogen and oxygen atoms in total. The van der Waals surface area contributed by atoms with Crippen LogP contribution in [0.1, 0.15) is 98.3 Å². The van der Waals surface area contributed by atoms with Gasteiger partial charge in [-0.05, 0) is 85.9 Å². The molecule has 4 aliphatic rings. The summed E-state index contributed by atoms with van der Waals surface area (Å²) in [5.74, 6) is 3.55. The highest BCUT2D eigenvalue weighted by Gasteiger charge is 2.56. The number of hydrogen-bond donors (Lipinski definition) is 0. The third kappa shape index (κ3) is 3.25. The molecule has 0 aliphatic heterocycles. The number of fused-ring (bicyclic) bond motifs is 5. The molecule has 4 rings (SSSR count). The first-order valence-corrected chi connectivity index (χ1v) is 12.3. The van der Waals surface area contributed by atoms with Crippen molar-refractivity contribution in [1.82, 2.24) is 0 Å². The molecule has 7 atom stereocenters. The highest BCUT2D eigenvalue weighted by atomic mass is 16.1. The van der Waals surface area contributed by atoms with Gasteiger partial charge in [-0.3, -0.25) is 0 Å². The molecule has 0 aromatic carbocycles. The van der Waals surface area contributed by atoms with Gasteiger partial charge in [0.25, 0.3) is 0 Å². The first-order valence-electron chi connectivity index (χ1n) is 12.3. The number of allylic oxidation sites excluding steroid dienone is 4. The first kappa shape index (κ1) is 20.4. The van der Waals surface area contributed by atoms with Crippen LogP contribution in [0.3, 0.4) is 0 Å². The van der Waals surface area contributed by atoms with Crippen LogP contribution in [0.15, 0.2) is 23.3 Å². The van der Waals surface area contributed by atoms with Crippen molar-refractivity contribution in [3.05, 3.63) is 23.3 Å². The normalized spacial score (nSPS) is 41.8. The third-order valence-corrected chi connectivity index (χ3v) is 9.80. The van der Waals surface area contributed by atoms with E-state index in [-0.39, 0.29) is 5.92 Å². The fourth-order valence-corrected chi connectivity index (χ4v) is 8.04. The van der Waals surface area contributed by atoms with E-state index in [1.165, 1.54) is 64.2 Å². The van der Waals surface area contributed by atoms with E-state index in [0.29, 0.717) is 10.8 Å². The summed E-state index contributed by atoms with van der Waals surface area (Å²) in [6.45, 7) is 9.81. The largest absolute Gasteiger partial charge is 0.303 e. The van der Waals surface area contributed by atoms with E-state index >= 15 is 0 Å². The second-order valence-corrected chi connectivity index (χ2v) is 11.3. The lowest BCUT2D eigenvalue weighted by Gasteiger charge is -2.54. The highest BCUT2D eigenvalue weighted by molar-refractivity contribution is 5.52. The number of hydrogen-bond acceptors (Lipinski definition) is 1. The summed E-state index contributed by atoms with van der Waals surface area (Å²) in [6.07, 6.45) is 21.1. The van der Waals surface area contributed by atoms with E-state index in [1.807, 2.05) is 5.57 Å². The highest BCUT2D eigenvalue weighted by Crippen LogP contribution is 2.66. The van der Waals surface area contributed by atoms with Gasteiger partial charge in [0.15, 0.2) is 0 Å². The molecule has 0 bridgehead atoms. The molecular weight excluding hydrogens is 340 g/mol. The van der Waals surface area contributed by atoms with Crippen LogP contribution < -0.4 is 0 Å². The van der Waals surface area contributed by atoms with Gasteiger partial charge in [-0.25, -0.2) is 0 Å². The van der Waals surface area contributed by atoms with Crippen molar-refractivity contribution in [2.24, 2.45) is 40.4 Å². The zero-order valence-electron chi connectivity index (χ0n) is 18.8. The molecule has 0 saturated heterocycles. The van der Waals surface area contributed by atoms with Crippen molar-refractivity contribution in [3.8, 4) is 0 Å². The summed E-state index contributed by atoms with van der Waals surface area (Å²) in [4.78, 5) is 10.9. The molecule has 3 fully saturated rings. The first-order chi connectivity index (χ1) is 13.4. The van der Waals surface area contributed by atoms with Crippen LogP contribution in [-0.2, 0) is 4.79 Å².